The summed E-state index contributed by atoms with van der Waals surface area (Å²) < 4.78 is 0. The number of likely N-dealkylation sites (tertiary alicyclic amines) is 3. The van der Waals surface area contributed by atoms with E-state index in [4.69, 9.17) is 0 Å². The van der Waals surface area contributed by atoms with E-state index in [1.54, 1.807) is 4.90 Å². The molecule has 0 aromatic heterocycles. The minimum atomic E-state index is 0.0133. The molecule has 3 saturated heterocycles. The highest BCUT2D eigenvalue weighted by Gasteiger charge is 2.42. The van der Waals surface area contributed by atoms with Crippen LogP contribution in [0.1, 0.15) is 57.8 Å². The smallest absolute Gasteiger partial charge is 0.236 e. The van der Waals surface area contributed by atoms with Crippen LogP contribution in [0.2, 0.25) is 0 Å². The number of amides is 2. The molecule has 2 amide bonds. The third-order valence-corrected chi connectivity index (χ3v) is 6.44. The van der Waals surface area contributed by atoms with Crippen LogP contribution in [0.5, 0.6) is 0 Å². The highest BCUT2D eigenvalue weighted by molar-refractivity contribution is 5.79. The highest BCUT2D eigenvalue weighted by atomic mass is 16.3. The molecule has 0 bridgehead atoms. The fourth-order valence-electron chi connectivity index (χ4n) is 4.94. The summed E-state index contributed by atoms with van der Waals surface area (Å²) in [6, 6.07) is 0. The number of β-amino-alcohol motifs (C(OH)–C–C–N with tert-alkyl or cyclic N) is 1. The van der Waals surface area contributed by atoms with E-state index in [2.05, 4.69) is 9.80 Å². The Bertz CT molecular complexity index is 491. The molecule has 3 fully saturated rings. The van der Waals surface area contributed by atoms with Gasteiger partial charge in [0, 0.05) is 38.0 Å². The van der Waals surface area contributed by atoms with Gasteiger partial charge in [-0.2, -0.15) is 0 Å². The Hall–Kier alpha value is -1.14. The number of piperidine rings is 2. The topological polar surface area (TPSA) is 64.1 Å². The maximum Gasteiger partial charge on any atom is 0.236 e. The Morgan fingerprint density at radius 2 is 1.69 bits per heavy atom. The van der Waals surface area contributed by atoms with Gasteiger partial charge >= 0.3 is 0 Å². The molecule has 0 aliphatic carbocycles. The molecule has 6 nitrogen and oxygen atoms in total. The zero-order valence-corrected chi connectivity index (χ0v) is 16.1. The van der Waals surface area contributed by atoms with E-state index in [-0.39, 0.29) is 23.8 Å². The van der Waals surface area contributed by atoms with Crippen molar-refractivity contribution in [2.24, 2.45) is 5.41 Å². The van der Waals surface area contributed by atoms with E-state index >= 15 is 0 Å². The van der Waals surface area contributed by atoms with Crippen molar-refractivity contribution in [1.82, 2.24) is 14.7 Å². The minimum Gasteiger partial charge on any atom is -0.395 e. The maximum atomic E-state index is 12.9. The minimum absolute atomic E-state index is 0.0133. The van der Waals surface area contributed by atoms with Crippen LogP contribution in [0.4, 0.5) is 0 Å². The van der Waals surface area contributed by atoms with Gasteiger partial charge in [-0.25, -0.2) is 0 Å². The number of rotatable bonds is 4. The molecule has 26 heavy (non-hydrogen) atoms. The first-order valence-corrected chi connectivity index (χ1v) is 10.5. The predicted molar refractivity (Wildman–Crippen MR) is 101 cm³/mol. The molecule has 1 N–H and O–H groups in total. The molecule has 6 heteroatoms. The SMILES string of the molecule is O=C1CC[C@]2(CCCN(C(=O)CN3CCCCCCC3)C2)CN1CCO. The van der Waals surface area contributed by atoms with E-state index < -0.39 is 0 Å². The maximum absolute atomic E-state index is 12.9. The van der Waals surface area contributed by atoms with Gasteiger partial charge in [-0.05, 0) is 45.2 Å². The van der Waals surface area contributed by atoms with Gasteiger partial charge in [-0.3, -0.25) is 14.5 Å². The summed E-state index contributed by atoms with van der Waals surface area (Å²) in [5, 5.41) is 9.22. The van der Waals surface area contributed by atoms with E-state index in [1.165, 1.54) is 32.1 Å². The third kappa shape index (κ3) is 4.97. The van der Waals surface area contributed by atoms with Crippen LogP contribution in [0, 0.1) is 5.41 Å². The van der Waals surface area contributed by atoms with Crippen molar-refractivity contribution < 1.29 is 14.7 Å². The summed E-state index contributed by atoms with van der Waals surface area (Å²) >= 11 is 0. The second kappa shape index (κ2) is 9.18. The molecule has 0 aromatic carbocycles. The molecule has 1 spiro atoms. The lowest BCUT2D eigenvalue weighted by Gasteiger charge is -2.48. The molecule has 3 rings (SSSR count). The lowest BCUT2D eigenvalue weighted by atomic mass is 9.73. The van der Waals surface area contributed by atoms with Gasteiger partial charge < -0.3 is 14.9 Å². The van der Waals surface area contributed by atoms with E-state index in [1.807, 2.05) is 0 Å². The molecular weight excluding hydrogens is 330 g/mol. The molecule has 0 saturated carbocycles. The van der Waals surface area contributed by atoms with Crippen LogP contribution in [-0.2, 0) is 9.59 Å². The summed E-state index contributed by atoms with van der Waals surface area (Å²) in [6.45, 7) is 5.39. The molecule has 0 radical (unpaired) electrons. The van der Waals surface area contributed by atoms with Crippen molar-refractivity contribution in [3.63, 3.8) is 0 Å². The van der Waals surface area contributed by atoms with Crippen LogP contribution in [0.25, 0.3) is 0 Å². The molecule has 0 aromatic rings. The zero-order chi connectivity index (χ0) is 18.4. The average Bonchev–Trinajstić information content (AvgIpc) is 2.61. The Balaban J connectivity index is 1.56. The van der Waals surface area contributed by atoms with Crippen molar-refractivity contribution in [3.05, 3.63) is 0 Å². The van der Waals surface area contributed by atoms with Gasteiger partial charge in [-0.15, -0.1) is 0 Å². The predicted octanol–water partition coefficient (Wildman–Crippen LogP) is 1.48. The third-order valence-electron chi connectivity index (χ3n) is 6.44. The van der Waals surface area contributed by atoms with Gasteiger partial charge in [0.1, 0.15) is 0 Å². The van der Waals surface area contributed by atoms with Crippen molar-refractivity contribution in [2.75, 3.05) is 52.4 Å². The van der Waals surface area contributed by atoms with Crippen LogP contribution in [0.3, 0.4) is 0 Å². The molecule has 1 atom stereocenters. The first kappa shape index (κ1) is 19.6. The summed E-state index contributed by atoms with van der Waals surface area (Å²) in [5.41, 5.74) is 0.0350. The molecule has 3 heterocycles. The van der Waals surface area contributed by atoms with Crippen molar-refractivity contribution in [3.8, 4) is 0 Å². The number of carbonyl (C=O) groups excluding carboxylic acids is 2. The Kier molecular flexibility index (Phi) is 6.92. The molecule has 148 valence electrons. The summed E-state index contributed by atoms with van der Waals surface area (Å²) in [4.78, 5) is 31.2. The van der Waals surface area contributed by atoms with Gasteiger partial charge in [0.05, 0.1) is 13.2 Å². The van der Waals surface area contributed by atoms with Gasteiger partial charge in [0.25, 0.3) is 0 Å². The molecule has 3 aliphatic heterocycles. The quantitative estimate of drug-likeness (QED) is 0.820. The summed E-state index contributed by atoms with van der Waals surface area (Å²) in [6.07, 6.45) is 9.83. The van der Waals surface area contributed by atoms with Crippen molar-refractivity contribution in [2.45, 2.75) is 57.8 Å². The normalized spacial score (nSPS) is 28.9. The largest absolute Gasteiger partial charge is 0.395 e. The number of aliphatic hydroxyl groups excluding tert-OH is 1. The van der Waals surface area contributed by atoms with Crippen molar-refractivity contribution in [1.29, 1.82) is 0 Å². The molecule has 0 unspecified atom stereocenters. The highest BCUT2D eigenvalue weighted by Crippen LogP contribution is 2.38. The fourth-order valence-corrected chi connectivity index (χ4v) is 4.94. The lowest BCUT2D eigenvalue weighted by molar-refractivity contribution is -0.144. The average molecular weight is 366 g/mol. The van der Waals surface area contributed by atoms with Gasteiger partial charge in [0.15, 0.2) is 0 Å². The molecule has 3 aliphatic rings. The van der Waals surface area contributed by atoms with Gasteiger partial charge in [-0.1, -0.05) is 19.3 Å². The number of nitrogens with zero attached hydrogens (tertiary/aromatic N) is 3. The van der Waals surface area contributed by atoms with E-state index in [9.17, 15) is 14.7 Å². The monoisotopic (exact) mass is 365 g/mol. The Morgan fingerprint density at radius 3 is 2.42 bits per heavy atom. The Labute approximate surface area is 157 Å². The summed E-state index contributed by atoms with van der Waals surface area (Å²) in [7, 11) is 0. The van der Waals surface area contributed by atoms with E-state index in [0.717, 1.165) is 45.4 Å². The second-order valence-corrected chi connectivity index (χ2v) is 8.50. The molecular formula is C20H35N3O3. The standard InChI is InChI=1S/C20H35N3O3/c24-14-13-23-17-20(9-7-18(23)25)8-6-12-22(16-20)19(26)15-21-10-4-2-1-3-5-11-21/h24H,1-17H2/t20-/m0/s1. The van der Waals surface area contributed by atoms with Crippen LogP contribution < -0.4 is 0 Å². The van der Waals surface area contributed by atoms with Crippen LogP contribution in [-0.4, -0.2) is 84.0 Å². The Morgan fingerprint density at radius 1 is 0.962 bits per heavy atom. The number of hydrogen-bond acceptors (Lipinski definition) is 4. The number of carbonyl (C=O) groups is 2. The number of hydrogen-bond donors (Lipinski definition) is 1. The number of aliphatic hydroxyl groups is 1. The van der Waals surface area contributed by atoms with Gasteiger partial charge in [0.2, 0.25) is 11.8 Å². The lowest BCUT2D eigenvalue weighted by Crippen LogP contribution is -2.56. The van der Waals surface area contributed by atoms with Crippen molar-refractivity contribution >= 4 is 11.8 Å². The zero-order valence-electron chi connectivity index (χ0n) is 16.1. The van der Waals surface area contributed by atoms with Crippen LogP contribution >= 0.6 is 0 Å². The summed E-state index contributed by atoms with van der Waals surface area (Å²) in [5.74, 6) is 0.406. The first-order valence-electron chi connectivity index (χ1n) is 10.5. The first-order chi connectivity index (χ1) is 12.6. The van der Waals surface area contributed by atoms with E-state index in [0.29, 0.717) is 26.1 Å². The second-order valence-electron chi connectivity index (χ2n) is 8.50. The van der Waals surface area contributed by atoms with Crippen LogP contribution in [0.15, 0.2) is 0 Å². The fraction of sp³-hybridized carbons (Fsp3) is 0.900.